The van der Waals surface area contributed by atoms with Crippen LogP contribution in [0.3, 0.4) is 0 Å². The van der Waals surface area contributed by atoms with Gasteiger partial charge in [-0.2, -0.15) is 0 Å². The second kappa shape index (κ2) is 32.8. The number of aromatic carboxylic acids is 4. The molecule has 8 aromatic carbocycles. The molecule has 0 saturated carbocycles. The van der Waals surface area contributed by atoms with Crippen molar-refractivity contribution in [1.82, 2.24) is 38.2 Å². The van der Waals surface area contributed by atoms with E-state index >= 15 is 0 Å². The third kappa shape index (κ3) is 14.6. The van der Waals surface area contributed by atoms with Crippen LogP contribution in [0.1, 0.15) is 75.3 Å². The van der Waals surface area contributed by atoms with Gasteiger partial charge in [-0.3, -0.25) is 19.2 Å². The summed E-state index contributed by atoms with van der Waals surface area (Å²) in [5.74, 6) is -7.95. The minimum Gasteiger partial charge on any atom is -0.477 e. The predicted octanol–water partition coefficient (Wildman–Crippen LogP) is 20.7. The highest BCUT2D eigenvalue weighted by atomic mass is 32.1. The molecular weight excluding hydrogens is 1640 g/mol. The molecule has 12 heterocycles. The Bertz CT molecular complexity index is 7750. The molecule has 20 rings (SSSR count). The number of furan rings is 1. The van der Waals surface area contributed by atoms with E-state index in [0.717, 1.165) is 82.7 Å². The van der Waals surface area contributed by atoms with Gasteiger partial charge in [-0.05, 0) is 191 Å². The maximum absolute atomic E-state index is 14.4. The molecule has 0 amide bonds. The molecule has 0 radical (unpaired) electrons. The largest absolute Gasteiger partial charge is 0.477 e. The number of hydrogen-bond donors (Lipinski definition) is 8. The highest BCUT2D eigenvalue weighted by Gasteiger charge is 2.33. The minimum atomic E-state index is -1.27. The molecule has 21 nitrogen and oxygen atoms in total. The lowest BCUT2D eigenvalue weighted by atomic mass is 10.0. The van der Waals surface area contributed by atoms with Crippen LogP contribution in [0.15, 0.2) is 271 Å². The molecule has 0 unspecified atom stereocenters. The first-order valence-electron chi connectivity index (χ1n) is 37.8. The van der Waals surface area contributed by atoms with E-state index < -0.39 is 64.1 Å². The van der Waals surface area contributed by atoms with Crippen LogP contribution in [0.25, 0.3) is 129 Å². The van der Waals surface area contributed by atoms with E-state index in [2.05, 4.69) is 26.0 Å². The van der Waals surface area contributed by atoms with Crippen LogP contribution in [0.5, 0.6) is 0 Å². The number of hydrogen-bond acceptors (Lipinski definition) is 12. The topological polar surface area (TPSA) is 314 Å². The number of nitrogens with one attached hydrogen (secondary N) is 4. The van der Waals surface area contributed by atoms with Gasteiger partial charge >= 0.3 is 23.9 Å². The lowest BCUT2D eigenvalue weighted by Crippen LogP contribution is -2.14. The first-order valence-corrected chi connectivity index (χ1v) is 40.5. The Balaban J connectivity index is 0.000000116. The van der Waals surface area contributed by atoms with Gasteiger partial charge in [0.25, 0.3) is 22.2 Å². The number of H-pyrrole nitrogens is 4. The molecule has 0 fully saturated rings. The number of carbonyl (C=O) groups is 4. The van der Waals surface area contributed by atoms with E-state index in [0.29, 0.717) is 78.0 Å². The van der Waals surface area contributed by atoms with Crippen molar-refractivity contribution in [3.63, 3.8) is 0 Å². The van der Waals surface area contributed by atoms with Crippen LogP contribution in [-0.2, 0) is 26.2 Å². The molecule has 0 aliphatic heterocycles. The number of aromatic amines is 4. The van der Waals surface area contributed by atoms with Gasteiger partial charge in [-0.25, -0.2) is 41.1 Å². The van der Waals surface area contributed by atoms with Gasteiger partial charge in [0.1, 0.15) is 57.4 Å². The van der Waals surface area contributed by atoms with Gasteiger partial charge in [0.2, 0.25) is 0 Å². The van der Waals surface area contributed by atoms with Crippen molar-refractivity contribution in [2.24, 2.45) is 0 Å². The quantitative estimate of drug-likeness (QED) is 0.0418. The number of benzene rings is 8. The predicted molar refractivity (Wildman–Crippen MR) is 467 cm³/mol. The van der Waals surface area contributed by atoms with Crippen molar-refractivity contribution in [1.29, 1.82) is 0 Å². The second-order valence-electron chi connectivity index (χ2n) is 28.8. The molecule has 0 aliphatic rings. The normalized spacial score (nSPS) is 11.4. The summed E-state index contributed by atoms with van der Waals surface area (Å²) in [5, 5.41) is 52.5. The highest BCUT2D eigenvalue weighted by Crippen LogP contribution is 2.46. The molecule has 0 spiro atoms. The van der Waals surface area contributed by atoms with Gasteiger partial charge in [0, 0.05) is 112 Å². The van der Waals surface area contributed by atoms with E-state index in [4.69, 9.17) is 4.42 Å². The summed E-state index contributed by atoms with van der Waals surface area (Å²) < 4.78 is 84.9. The Kier molecular flexibility index (Phi) is 21.3. The minimum absolute atomic E-state index is 0.0131. The molecule has 20 aromatic rings. The lowest BCUT2D eigenvalue weighted by Gasteiger charge is -2.12. The lowest BCUT2D eigenvalue weighted by molar-refractivity contribution is 0.0676. The number of rotatable bonds is 16. The third-order valence-electron chi connectivity index (χ3n) is 21.5. The van der Waals surface area contributed by atoms with E-state index in [-0.39, 0.29) is 92.5 Å². The molecule has 29 heteroatoms. The van der Waals surface area contributed by atoms with E-state index in [1.807, 2.05) is 103 Å². The maximum Gasteiger partial charge on any atom is 0.353 e. The number of thiophene rings is 3. The fourth-order valence-electron chi connectivity index (χ4n) is 16.2. The number of nitrogens with zero attached hydrogens (tertiary/aromatic N) is 4. The van der Waals surface area contributed by atoms with Crippen LogP contribution < -0.4 is 22.2 Å². The van der Waals surface area contributed by atoms with Gasteiger partial charge in [0.05, 0.1) is 75.6 Å². The monoisotopic (exact) mass is 1700 g/mol. The number of carboxylic acids is 4. The average molecular weight is 1700 g/mol. The molecule has 123 heavy (non-hydrogen) atoms. The zero-order valence-corrected chi connectivity index (χ0v) is 66.8. The smallest absolute Gasteiger partial charge is 0.353 e. The van der Waals surface area contributed by atoms with Crippen LogP contribution in [0.2, 0.25) is 0 Å². The molecule has 0 atom stereocenters. The first kappa shape index (κ1) is 80.1. The Morgan fingerprint density at radius 2 is 0.707 bits per heavy atom. The Morgan fingerprint density at radius 1 is 0.350 bits per heavy atom. The number of pyridine rings is 4. The number of aromatic nitrogens is 8. The first-order chi connectivity index (χ1) is 59.4. The van der Waals surface area contributed by atoms with Crippen molar-refractivity contribution >= 4 is 143 Å². The number of fused-ring (bicyclic) bond motifs is 12. The van der Waals surface area contributed by atoms with E-state index in [1.54, 1.807) is 94.3 Å². The fraction of sp³-hybridized carbons (Fsp3) is 0.0638. The van der Waals surface area contributed by atoms with Gasteiger partial charge in [-0.1, -0.05) is 66.2 Å². The van der Waals surface area contributed by atoms with E-state index in [1.165, 1.54) is 80.1 Å². The van der Waals surface area contributed by atoms with Gasteiger partial charge < -0.3 is 63.0 Å². The molecular formula is C94H63F5N8O13S3. The summed E-state index contributed by atoms with van der Waals surface area (Å²) in [5.41, 5.74) is 7.15. The number of carboxylic acid groups (broad SMARTS) is 4. The van der Waals surface area contributed by atoms with Crippen molar-refractivity contribution < 1.29 is 66.0 Å². The molecule has 8 N–H and O–H groups in total. The fourth-order valence-corrected chi connectivity index (χ4v) is 19.0. The summed E-state index contributed by atoms with van der Waals surface area (Å²) in [6, 6.07) is 54.0. The van der Waals surface area contributed by atoms with Crippen molar-refractivity contribution in [2.75, 3.05) is 0 Å². The van der Waals surface area contributed by atoms with Crippen LogP contribution in [0, 0.1) is 42.9 Å². The van der Waals surface area contributed by atoms with Crippen molar-refractivity contribution in [2.45, 2.75) is 40.0 Å². The second-order valence-corrected chi connectivity index (χ2v) is 31.5. The standard InChI is InChI=1S/C25H20N2O4.2C23H14F2N2O3S.C23H15FN2O3S/c1-14-5-6-17(15(2)12-14)13-27-19-8-7-16-9-11-31-23(16)21(19)20(22(27)25(29)30)18-4-3-10-26-24(18)28;24-14-4-5-16(25)13(10-14)11-27-17-6-3-12-7-9-31-21(12)19(17)18(20(27)23(29)30)15-2-1-8-26-22(15)28;24-14-5-3-13(16(25)10-14)11-27-17-6-4-12-7-9-31-21(12)19(17)18(20(27)23(29)30)15-2-1-8-26-22(15)28;24-16-6-2-1-4-14(16)12-26-17-8-7-13-9-11-30-21(13)19(17)18(20(26)23(28)29)15-5-3-10-25-22(15)27/h3-12H,13H2,1-2H3,(H,26,28)(H,29,30);2*1-10H,11H2,(H,26,28)(H,29,30);1-11H,12H2,(H,25,27)(H,28,29). The van der Waals surface area contributed by atoms with E-state index in [9.17, 15) is 80.7 Å². The maximum atomic E-state index is 14.4. The summed E-state index contributed by atoms with van der Waals surface area (Å²) in [6.45, 7) is 4.10. The summed E-state index contributed by atoms with van der Waals surface area (Å²) in [6.07, 6.45) is 7.55. The van der Waals surface area contributed by atoms with Crippen molar-refractivity contribution in [3.8, 4) is 44.5 Å². The van der Waals surface area contributed by atoms with Crippen molar-refractivity contribution in [3.05, 3.63) is 374 Å². The molecule has 0 aliphatic carbocycles. The van der Waals surface area contributed by atoms with Crippen LogP contribution in [0.4, 0.5) is 22.0 Å². The summed E-state index contributed by atoms with van der Waals surface area (Å²) in [4.78, 5) is 111. The summed E-state index contributed by atoms with van der Waals surface area (Å²) >= 11 is 4.34. The van der Waals surface area contributed by atoms with Gasteiger partial charge in [0.15, 0.2) is 0 Å². The molecule has 12 aromatic heterocycles. The molecule has 0 saturated heterocycles. The zero-order valence-electron chi connectivity index (χ0n) is 64.4. The van der Waals surface area contributed by atoms with Gasteiger partial charge in [-0.15, -0.1) is 34.0 Å². The molecule has 610 valence electrons. The SMILES string of the molecule is Cc1ccc(Cn2c(C(=O)O)c(-c3ccc[nH]c3=O)c3c4occc4ccc32)c(C)c1.O=C(O)c1c(-c2ccc[nH]c2=O)c2c3sccc3ccc2n1Cc1cc(F)ccc1F.O=C(O)c1c(-c2ccc[nH]c2=O)c2c3sccc3ccc2n1Cc1ccc(F)cc1F.O=C(O)c1c(-c2ccc[nH]c2=O)c2c3sccc3ccc2n1Cc1ccccc1F. The van der Waals surface area contributed by atoms with Crippen LogP contribution >= 0.6 is 34.0 Å². The Hall–Kier alpha value is -15.3. The average Bonchev–Trinajstić information content (AvgIpc) is 1.59. The number of aryl methyl sites for hydroxylation is 2. The number of halogens is 5. The summed E-state index contributed by atoms with van der Waals surface area (Å²) in [7, 11) is 0. The Morgan fingerprint density at radius 3 is 1.11 bits per heavy atom. The molecule has 0 bridgehead atoms. The zero-order chi connectivity index (χ0) is 85.9. The van der Waals surface area contributed by atoms with Crippen LogP contribution in [-0.4, -0.2) is 82.5 Å². The highest BCUT2D eigenvalue weighted by molar-refractivity contribution is 7.19. The third-order valence-corrected chi connectivity index (χ3v) is 24.4. The Labute approximate surface area is 701 Å².